The first-order valence-corrected chi connectivity index (χ1v) is 12.9. The lowest BCUT2D eigenvalue weighted by Crippen LogP contribution is -2.64. The number of benzene rings is 3. The molecule has 8 nitrogen and oxygen atoms in total. The van der Waals surface area contributed by atoms with Crippen LogP contribution in [-0.4, -0.2) is 54.7 Å². The van der Waals surface area contributed by atoms with Gasteiger partial charge >= 0.3 is 0 Å². The summed E-state index contributed by atoms with van der Waals surface area (Å²) in [6.07, 6.45) is 0.488. The molecule has 39 heavy (non-hydrogen) atoms. The van der Waals surface area contributed by atoms with Crippen LogP contribution in [0, 0.1) is 0 Å². The Kier molecular flexibility index (Phi) is 7.19. The fraction of sp³-hybridized carbons (Fsp3) is 0.290. The molecule has 202 valence electrons. The number of para-hydroxylation sites is 2. The van der Waals surface area contributed by atoms with Crippen molar-refractivity contribution in [3.05, 3.63) is 89.6 Å². The molecule has 0 bridgehead atoms. The van der Waals surface area contributed by atoms with Crippen molar-refractivity contribution in [3.8, 4) is 17.2 Å². The van der Waals surface area contributed by atoms with E-state index in [1.807, 2.05) is 84.3 Å². The molecule has 0 radical (unpaired) electrons. The van der Waals surface area contributed by atoms with Crippen LogP contribution in [0.3, 0.4) is 0 Å². The maximum atomic E-state index is 14.0. The van der Waals surface area contributed by atoms with Crippen molar-refractivity contribution >= 4 is 22.7 Å². The number of amides is 2. The lowest BCUT2D eigenvalue weighted by Gasteiger charge is -2.44. The van der Waals surface area contributed by atoms with Crippen LogP contribution in [0.1, 0.15) is 28.5 Å². The Morgan fingerprint density at radius 3 is 2.38 bits per heavy atom. The molecule has 1 aromatic heterocycles. The topological polar surface area (TPSA) is 82.0 Å². The Morgan fingerprint density at radius 2 is 1.62 bits per heavy atom. The van der Waals surface area contributed by atoms with Crippen LogP contribution in [0.4, 0.5) is 0 Å². The average Bonchev–Trinajstić information content (AvgIpc) is 3.34. The van der Waals surface area contributed by atoms with Crippen molar-refractivity contribution in [3.63, 3.8) is 0 Å². The molecule has 3 aromatic carbocycles. The second-order valence-corrected chi connectivity index (χ2v) is 9.83. The van der Waals surface area contributed by atoms with Crippen LogP contribution < -0.4 is 19.5 Å². The number of carbonyl (C=O) groups excluding carboxylic acids is 2. The molecule has 1 atom stereocenters. The number of methoxy groups -OCH3 is 3. The van der Waals surface area contributed by atoms with Crippen LogP contribution in [-0.2, 0) is 24.3 Å². The Morgan fingerprint density at radius 1 is 0.897 bits per heavy atom. The molecule has 0 spiro atoms. The molecule has 1 unspecified atom stereocenters. The molecule has 0 fully saturated rings. The Balaban J connectivity index is 1.49. The zero-order chi connectivity index (χ0) is 27.6. The fourth-order valence-electron chi connectivity index (χ4n) is 5.38. The minimum absolute atomic E-state index is 0.186. The summed E-state index contributed by atoms with van der Waals surface area (Å²) in [6, 6.07) is 22.9. The van der Waals surface area contributed by atoms with E-state index in [0.29, 0.717) is 42.5 Å². The normalized spacial score (nSPS) is 16.6. The van der Waals surface area contributed by atoms with E-state index in [0.717, 1.165) is 22.0 Å². The van der Waals surface area contributed by atoms with Gasteiger partial charge in [0.25, 0.3) is 5.91 Å². The molecule has 2 heterocycles. The number of hydrogen-bond acceptors (Lipinski definition) is 5. The van der Waals surface area contributed by atoms with E-state index in [1.54, 1.807) is 26.2 Å². The smallest absolute Gasteiger partial charge is 0.271 e. The summed E-state index contributed by atoms with van der Waals surface area (Å²) in [6.45, 7) is 2.77. The van der Waals surface area contributed by atoms with Gasteiger partial charge in [-0.1, -0.05) is 36.4 Å². The lowest BCUT2D eigenvalue weighted by molar-refractivity contribution is -0.133. The number of aromatic nitrogens is 1. The number of rotatable bonds is 9. The van der Waals surface area contributed by atoms with E-state index in [9.17, 15) is 9.59 Å². The third kappa shape index (κ3) is 4.78. The molecular formula is C31H33N3O5. The van der Waals surface area contributed by atoms with E-state index >= 15 is 0 Å². The van der Waals surface area contributed by atoms with Gasteiger partial charge < -0.3 is 29.0 Å². The van der Waals surface area contributed by atoms with Gasteiger partial charge in [-0.2, -0.15) is 0 Å². The molecule has 5 rings (SSSR count). The number of nitrogens with zero attached hydrogens (tertiary/aromatic N) is 2. The van der Waals surface area contributed by atoms with Crippen LogP contribution in [0.2, 0.25) is 0 Å². The van der Waals surface area contributed by atoms with Crippen molar-refractivity contribution in [2.24, 2.45) is 0 Å². The molecule has 2 amide bonds. The summed E-state index contributed by atoms with van der Waals surface area (Å²) in [5, 5.41) is 4.04. The highest BCUT2D eigenvalue weighted by Gasteiger charge is 2.47. The van der Waals surface area contributed by atoms with Gasteiger partial charge in [-0.15, -0.1) is 0 Å². The number of ether oxygens (including phenoxy) is 3. The molecule has 0 aliphatic carbocycles. The number of carbonyl (C=O) groups is 2. The van der Waals surface area contributed by atoms with Gasteiger partial charge in [0, 0.05) is 29.6 Å². The Labute approximate surface area is 228 Å². The van der Waals surface area contributed by atoms with Crippen molar-refractivity contribution in [1.82, 2.24) is 14.8 Å². The van der Waals surface area contributed by atoms with E-state index in [2.05, 4.69) is 5.32 Å². The summed E-state index contributed by atoms with van der Waals surface area (Å²) in [5.74, 6) is 1.69. The quantitative estimate of drug-likeness (QED) is 0.348. The summed E-state index contributed by atoms with van der Waals surface area (Å²) in [7, 11) is 4.84. The maximum Gasteiger partial charge on any atom is 0.271 e. The van der Waals surface area contributed by atoms with E-state index < -0.39 is 5.54 Å². The third-order valence-electron chi connectivity index (χ3n) is 7.55. The fourth-order valence-corrected chi connectivity index (χ4v) is 5.38. The van der Waals surface area contributed by atoms with Gasteiger partial charge in [0.15, 0.2) is 0 Å². The molecule has 4 aromatic rings. The Hall–Kier alpha value is -4.46. The van der Waals surface area contributed by atoms with E-state index in [1.165, 1.54) is 0 Å². The molecule has 0 saturated heterocycles. The van der Waals surface area contributed by atoms with Crippen molar-refractivity contribution in [1.29, 1.82) is 0 Å². The molecule has 8 heteroatoms. The zero-order valence-electron chi connectivity index (χ0n) is 22.7. The van der Waals surface area contributed by atoms with Crippen molar-refractivity contribution in [2.75, 3.05) is 27.9 Å². The predicted octanol–water partition coefficient (Wildman–Crippen LogP) is 4.44. The third-order valence-corrected chi connectivity index (χ3v) is 7.55. The monoisotopic (exact) mass is 527 g/mol. The second-order valence-electron chi connectivity index (χ2n) is 9.83. The first-order valence-electron chi connectivity index (χ1n) is 12.9. The largest absolute Gasteiger partial charge is 0.497 e. The highest BCUT2D eigenvalue weighted by Crippen LogP contribution is 2.33. The first-order chi connectivity index (χ1) is 18.9. The van der Waals surface area contributed by atoms with Gasteiger partial charge in [-0.05, 0) is 55.3 Å². The molecule has 0 saturated carbocycles. The summed E-state index contributed by atoms with van der Waals surface area (Å²) in [5.41, 5.74) is 2.12. The zero-order valence-corrected chi connectivity index (χ0v) is 22.7. The highest BCUT2D eigenvalue weighted by atomic mass is 16.5. The maximum absolute atomic E-state index is 14.0. The standard InChI is InChI=1S/C31H33N3O5/c1-31(30(36)32-19-23-10-6-8-12-27(23)38-3)20-33-25-11-7-5-9-21(25)18-26(33)29(35)34(31)16-15-22-17-24(37-2)13-14-28(22)39-4/h5-14,17-18H,15-16,19-20H2,1-4H3,(H,32,36). The number of nitrogens with one attached hydrogen (secondary N) is 1. The van der Waals surface area contributed by atoms with Crippen LogP contribution in [0.25, 0.3) is 10.9 Å². The van der Waals surface area contributed by atoms with E-state index in [-0.39, 0.29) is 18.4 Å². The summed E-state index contributed by atoms with van der Waals surface area (Å²) < 4.78 is 18.4. The highest BCUT2D eigenvalue weighted by molar-refractivity contribution is 6.03. The summed E-state index contributed by atoms with van der Waals surface area (Å²) >= 11 is 0. The van der Waals surface area contributed by atoms with Gasteiger partial charge in [0.05, 0.1) is 27.9 Å². The van der Waals surface area contributed by atoms with Gasteiger partial charge in [0.2, 0.25) is 5.91 Å². The minimum Gasteiger partial charge on any atom is -0.497 e. The minimum atomic E-state index is -1.14. The van der Waals surface area contributed by atoms with Crippen molar-refractivity contribution in [2.45, 2.75) is 32.0 Å². The van der Waals surface area contributed by atoms with E-state index in [4.69, 9.17) is 14.2 Å². The SMILES string of the molecule is COc1ccc(OC)c(CCN2C(=O)c3cc4ccccc4n3CC2(C)C(=O)NCc2ccccc2OC)c1. The van der Waals surface area contributed by atoms with Crippen LogP contribution >= 0.6 is 0 Å². The molecule has 1 aliphatic heterocycles. The molecular weight excluding hydrogens is 494 g/mol. The molecule has 1 aliphatic rings. The van der Waals surface area contributed by atoms with Crippen LogP contribution in [0.5, 0.6) is 17.2 Å². The van der Waals surface area contributed by atoms with Gasteiger partial charge in [-0.3, -0.25) is 9.59 Å². The Bertz CT molecular complexity index is 1530. The molecule has 1 N–H and O–H groups in total. The first kappa shape index (κ1) is 26.2. The van der Waals surface area contributed by atoms with Gasteiger partial charge in [-0.25, -0.2) is 0 Å². The number of fused-ring (bicyclic) bond motifs is 3. The second kappa shape index (κ2) is 10.7. The summed E-state index contributed by atoms with van der Waals surface area (Å²) in [4.78, 5) is 29.7. The van der Waals surface area contributed by atoms with Crippen LogP contribution in [0.15, 0.2) is 72.8 Å². The van der Waals surface area contributed by atoms with Crippen molar-refractivity contribution < 1.29 is 23.8 Å². The average molecular weight is 528 g/mol. The van der Waals surface area contributed by atoms with Gasteiger partial charge in [0.1, 0.15) is 28.5 Å². The number of hydrogen-bond donors (Lipinski definition) is 1. The lowest BCUT2D eigenvalue weighted by atomic mass is 9.93. The predicted molar refractivity (Wildman–Crippen MR) is 149 cm³/mol.